The molecule has 4 nitrogen and oxygen atoms in total. The van der Waals surface area contributed by atoms with Crippen LogP contribution >= 0.6 is 27.5 Å². The van der Waals surface area contributed by atoms with E-state index in [1.54, 1.807) is 0 Å². The lowest BCUT2D eigenvalue weighted by Crippen LogP contribution is -2.48. The molecule has 0 amide bonds. The summed E-state index contributed by atoms with van der Waals surface area (Å²) in [6.07, 6.45) is 6.61. The number of carbonyl (C=O) groups excluding carboxylic acids is 1. The summed E-state index contributed by atoms with van der Waals surface area (Å²) >= 11 is 9.87. The average molecular weight is 464 g/mol. The van der Waals surface area contributed by atoms with Gasteiger partial charge in [0.25, 0.3) is 0 Å². The highest BCUT2D eigenvalue weighted by Gasteiger charge is 2.39. The Morgan fingerprint density at radius 1 is 1.29 bits per heavy atom. The molecule has 2 heterocycles. The van der Waals surface area contributed by atoms with E-state index in [9.17, 15) is 4.79 Å². The average Bonchev–Trinajstić information content (AvgIpc) is 2.84. The number of rotatable bonds is 3. The third-order valence-electron chi connectivity index (χ3n) is 5.72. The molecule has 2 aliphatic rings. The van der Waals surface area contributed by atoms with Gasteiger partial charge >= 0.3 is 5.97 Å². The highest BCUT2D eigenvalue weighted by Crippen LogP contribution is 2.40. The summed E-state index contributed by atoms with van der Waals surface area (Å²) in [6.45, 7) is 3.12. The van der Waals surface area contributed by atoms with Gasteiger partial charge in [-0.05, 0) is 90.0 Å². The first kappa shape index (κ1) is 19.9. The maximum absolute atomic E-state index is 12.8. The molecule has 1 aliphatic carbocycles. The predicted molar refractivity (Wildman–Crippen MR) is 114 cm³/mol. The number of fused-ring (bicyclic) bond motifs is 2. The van der Waals surface area contributed by atoms with Gasteiger partial charge in [0.15, 0.2) is 0 Å². The molecule has 2 atom stereocenters. The van der Waals surface area contributed by atoms with Crippen molar-refractivity contribution in [3.05, 3.63) is 62.3 Å². The molecule has 0 bridgehead atoms. The Kier molecular flexibility index (Phi) is 6.04. The molecule has 1 fully saturated rings. The van der Waals surface area contributed by atoms with Crippen LogP contribution in [-0.4, -0.2) is 35.0 Å². The molecular formula is C22H24BrClN2O2. The summed E-state index contributed by atoms with van der Waals surface area (Å²) in [5.74, 6) is -0.124. The molecular weight excluding hydrogens is 440 g/mol. The molecule has 1 saturated heterocycles. The molecule has 0 radical (unpaired) electrons. The van der Waals surface area contributed by atoms with E-state index in [0.29, 0.717) is 6.61 Å². The smallest absolute Gasteiger partial charge is 0.323 e. The number of nitrogens with zero attached hydrogens (tertiary/aromatic N) is 2. The van der Waals surface area contributed by atoms with Crippen LogP contribution in [0.3, 0.4) is 0 Å². The Balaban J connectivity index is 1.85. The number of halogens is 2. The fraction of sp³-hybridized carbons (Fsp3) is 0.455. The van der Waals surface area contributed by atoms with Crippen LogP contribution in [0, 0.1) is 0 Å². The van der Waals surface area contributed by atoms with Crippen molar-refractivity contribution in [3.63, 3.8) is 0 Å². The molecule has 6 heteroatoms. The largest absolute Gasteiger partial charge is 0.465 e. The number of likely N-dealkylation sites (tertiary alicyclic amines) is 1. The minimum atomic E-state index is -0.237. The Bertz CT molecular complexity index is 835. The van der Waals surface area contributed by atoms with Crippen molar-refractivity contribution in [2.75, 3.05) is 13.2 Å². The third kappa shape index (κ3) is 3.85. The quantitative estimate of drug-likeness (QED) is 0.594. The first-order chi connectivity index (χ1) is 13.6. The first-order valence-electron chi connectivity index (χ1n) is 9.93. The second kappa shape index (κ2) is 8.52. The fourth-order valence-electron chi connectivity index (χ4n) is 4.50. The second-order valence-corrected chi connectivity index (χ2v) is 8.80. The molecule has 2 aromatic rings. The summed E-state index contributed by atoms with van der Waals surface area (Å²) in [6, 6.07) is 7.98. The van der Waals surface area contributed by atoms with E-state index < -0.39 is 0 Å². The Hall–Kier alpha value is -1.43. The summed E-state index contributed by atoms with van der Waals surface area (Å²) in [5, 5.41) is 0.748. The van der Waals surface area contributed by atoms with Gasteiger partial charge in [-0.15, -0.1) is 0 Å². The van der Waals surface area contributed by atoms with Crippen LogP contribution < -0.4 is 0 Å². The molecule has 1 aliphatic heterocycles. The highest BCUT2D eigenvalue weighted by atomic mass is 79.9. The van der Waals surface area contributed by atoms with Crippen molar-refractivity contribution in [2.45, 2.75) is 51.1 Å². The number of ether oxygens (including phenoxy) is 1. The molecule has 1 aromatic carbocycles. The van der Waals surface area contributed by atoms with Gasteiger partial charge in [-0.3, -0.25) is 14.7 Å². The molecule has 4 rings (SSSR count). The minimum absolute atomic E-state index is 0.0624. The molecule has 0 saturated carbocycles. The number of piperidine rings is 1. The van der Waals surface area contributed by atoms with Crippen molar-refractivity contribution in [3.8, 4) is 0 Å². The van der Waals surface area contributed by atoms with Gasteiger partial charge in [-0.2, -0.15) is 0 Å². The van der Waals surface area contributed by atoms with E-state index in [4.69, 9.17) is 21.3 Å². The van der Waals surface area contributed by atoms with E-state index in [0.717, 1.165) is 53.8 Å². The maximum atomic E-state index is 12.8. The number of benzene rings is 1. The van der Waals surface area contributed by atoms with Crippen LogP contribution in [0.4, 0.5) is 0 Å². The summed E-state index contributed by atoms with van der Waals surface area (Å²) in [7, 11) is 0. The standard InChI is InChI=1S/C22H24BrClN2O2/c1-2-28-22(27)19-5-3-4-10-26(19)21-18-9-8-17(24)12-14(18)6-7-15-11-16(23)13-25-20(15)21/h8-9,11-13,19,21H,2-7,10H2,1H3. The number of esters is 1. The van der Waals surface area contributed by atoms with E-state index in [1.807, 2.05) is 19.2 Å². The Morgan fingerprint density at radius 3 is 2.93 bits per heavy atom. The number of hydrogen-bond donors (Lipinski definition) is 0. The molecule has 28 heavy (non-hydrogen) atoms. The lowest BCUT2D eigenvalue weighted by molar-refractivity contribution is -0.151. The topological polar surface area (TPSA) is 42.4 Å². The molecule has 0 spiro atoms. The monoisotopic (exact) mass is 462 g/mol. The zero-order valence-corrected chi connectivity index (χ0v) is 18.3. The second-order valence-electron chi connectivity index (χ2n) is 7.45. The summed E-state index contributed by atoms with van der Waals surface area (Å²) in [5.41, 5.74) is 4.70. The number of aryl methyl sites for hydroxylation is 2. The van der Waals surface area contributed by atoms with Crippen molar-refractivity contribution < 1.29 is 9.53 Å². The van der Waals surface area contributed by atoms with Crippen LogP contribution in [0.15, 0.2) is 34.9 Å². The van der Waals surface area contributed by atoms with Crippen molar-refractivity contribution >= 4 is 33.5 Å². The van der Waals surface area contributed by atoms with Gasteiger partial charge in [0, 0.05) is 15.7 Å². The first-order valence-corrected chi connectivity index (χ1v) is 11.1. The Morgan fingerprint density at radius 2 is 2.11 bits per heavy atom. The van der Waals surface area contributed by atoms with E-state index in [2.05, 4.69) is 39.0 Å². The van der Waals surface area contributed by atoms with Crippen molar-refractivity contribution in [2.24, 2.45) is 0 Å². The van der Waals surface area contributed by atoms with E-state index in [1.165, 1.54) is 16.7 Å². The van der Waals surface area contributed by atoms with Crippen LogP contribution in [0.5, 0.6) is 0 Å². The van der Waals surface area contributed by atoms with Gasteiger partial charge < -0.3 is 4.74 Å². The van der Waals surface area contributed by atoms with E-state index in [-0.39, 0.29) is 18.1 Å². The summed E-state index contributed by atoms with van der Waals surface area (Å²) < 4.78 is 6.40. The van der Waals surface area contributed by atoms with E-state index >= 15 is 0 Å². The zero-order valence-electron chi connectivity index (χ0n) is 16.0. The normalized spacial score (nSPS) is 22.1. The van der Waals surface area contributed by atoms with Crippen LogP contribution in [-0.2, 0) is 22.4 Å². The number of carbonyl (C=O) groups is 1. The fourth-order valence-corrected chi connectivity index (χ4v) is 5.08. The lowest BCUT2D eigenvalue weighted by atomic mass is 9.92. The molecule has 2 unspecified atom stereocenters. The highest BCUT2D eigenvalue weighted by molar-refractivity contribution is 9.10. The van der Waals surface area contributed by atoms with Crippen LogP contribution in [0.2, 0.25) is 5.02 Å². The predicted octanol–water partition coefficient (Wildman–Crippen LogP) is 5.10. The minimum Gasteiger partial charge on any atom is -0.465 e. The van der Waals surface area contributed by atoms with Crippen LogP contribution in [0.1, 0.15) is 54.6 Å². The van der Waals surface area contributed by atoms with Crippen LogP contribution in [0.25, 0.3) is 0 Å². The summed E-state index contributed by atoms with van der Waals surface area (Å²) in [4.78, 5) is 19.9. The van der Waals surface area contributed by atoms with Gasteiger partial charge in [0.05, 0.1) is 18.3 Å². The van der Waals surface area contributed by atoms with Crippen molar-refractivity contribution in [1.29, 1.82) is 0 Å². The molecule has 148 valence electrons. The third-order valence-corrected chi connectivity index (χ3v) is 6.39. The number of pyridine rings is 1. The van der Waals surface area contributed by atoms with Gasteiger partial charge in [0.2, 0.25) is 0 Å². The SMILES string of the molecule is CCOC(=O)C1CCCCN1C1c2ccc(Cl)cc2CCc2cc(Br)cnc21. The van der Waals surface area contributed by atoms with Crippen molar-refractivity contribution in [1.82, 2.24) is 9.88 Å². The number of aromatic nitrogens is 1. The maximum Gasteiger partial charge on any atom is 0.323 e. The molecule has 1 aromatic heterocycles. The van der Waals surface area contributed by atoms with Gasteiger partial charge in [0.1, 0.15) is 6.04 Å². The lowest BCUT2D eigenvalue weighted by Gasteiger charge is -2.40. The molecule has 0 N–H and O–H groups in total. The zero-order chi connectivity index (χ0) is 19.7. The number of hydrogen-bond acceptors (Lipinski definition) is 4. The van der Waals surface area contributed by atoms with Gasteiger partial charge in [-0.25, -0.2) is 0 Å². The van der Waals surface area contributed by atoms with Gasteiger partial charge in [-0.1, -0.05) is 24.1 Å². The Labute approximate surface area is 179 Å².